The van der Waals surface area contributed by atoms with Gasteiger partial charge in [0.1, 0.15) is 0 Å². The molecule has 6 heteroatoms. The molecule has 0 heterocycles. The maximum atomic E-state index is 12.4. The summed E-state index contributed by atoms with van der Waals surface area (Å²) in [4.78, 5) is 24.5. The summed E-state index contributed by atoms with van der Waals surface area (Å²) in [7, 11) is 0. The van der Waals surface area contributed by atoms with Crippen LogP contribution in [0.1, 0.15) is 316 Å². The highest BCUT2D eigenvalue weighted by atomic mass is 16.5. The van der Waals surface area contributed by atoms with Gasteiger partial charge < -0.3 is 20.3 Å². The van der Waals surface area contributed by atoms with Crippen LogP contribution in [0.3, 0.4) is 0 Å². The molecule has 2 unspecified atom stereocenters. The zero-order valence-corrected chi connectivity index (χ0v) is 42.6. The molecule has 0 aliphatic heterocycles. The Morgan fingerprint density at radius 1 is 0.429 bits per heavy atom. The van der Waals surface area contributed by atoms with Gasteiger partial charge in [-0.15, -0.1) is 0 Å². The van der Waals surface area contributed by atoms with Crippen LogP contribution in [-0.4, -0.2) is 47.4 Å². The number of esters is 1. The summed E-state index contributed by atoms with van der Waals surface area (Å²) in [5.41, 5.74) is 0. The molecular formula is C57H111NO5. The lowest BCUT2D eigenvalue weighted by Gasteiger charge is -2.20. The number of allylic oxidation sites excluding steroid dienone is 1. The molecular weight excluding hydrogens is 779 g/mol. The monoisotopic (exact) mass is 890 g/mol. The first-order valence-corrected chi connectivity index (χ1v) is 28.5. The van der Waals surface area contributed by atoms with Crippen LogP contribution in [0.5, 0.6) is 0 Å². The number of carbonyl (C=O) groups excluding carboxylic acids is 2. The highest BCUT2D eigenvalue weighted by Gasteiger charge is 2.18. The Bertz CT molecular complexity index is 939. The van der Waals surface area contributed by atoms with Crippen molar-refractivity contribution >= 4 is 11.9 Å². The van der Waals surface area contributed by atoms with Gasteiger partial charge in [0, 0.05) is 12.8 Å². The van der Waals surface area contributed by atoms with E-state index < -0.39 is 12.1 Å². The standard InChI is InChI=1S/C57H111NO5/c1-3-5-7-9-11-13-15-17-18-19-20-21-22-27-31-35-39-43-47-51-57(62)63-52-48-44-40-36-32-28-24-23-26-30-34-38-42-46-50-56(61)58-54(53-59)55(60)49-45-41-37-33-29-25-16-14-12-10-8-6-4-2/h45,49,54-55,59-60H,3-44,46-48,50-53H2,1-2H3,(H,58,61)/b49-45+. The predicted octanol–water partition coefficient (Wildman–Crippen LogP) is 17.3. The summed E-state index contributed by atoms with van der Waals surface area (Å²) in [5, 5.41) is 23.0. The van der Waals surface area contributed by atoms with Gasteiger partial charge in [-0.05, 0) is 32.1 Å². The molecule has 0 bridgehead atoms. The minimum atomic E-state index is -0.849. The van der Waals surface area contributed by atoms with Crippen LogP contribution in [0.2, 0.25) is 0 Å². The van der Waals surface area contributed by atoms with Gasteiger partial charge >= 0.3 is 5.97 Å². The molecule has 1 amide bonds. The Balaban J connectivity index is 3.42. The summed E-state index contributed by atoms with van der Waals surface area (Å²) in [6.07, 6.45) is 62.3. The number of aliphatic hydroxyl groups is 2. The minimum Gasteiger partial charge on any atom is -0.466 e. The number of ether oxygens (including phenoxy) is 1. The fourth-order valence-corrected chi connectivity index (χ4v) is 8.93. The molecule has 0 aliphatic carbocycles. The van der Waals surface area contributed by atoms with Crippen molar-refractivity contribution < 1.29 is 24.5 Å². The molecule has 0 aromatic heterocycles. The predicted molar refractivity (Wildman–Crippen MR) is 273 cm³/mol. The maximum Gasteiger partial charge on any atom is 0.305 e. The first-order valence-electron chi connectivity index (χ1n) is 28.5. The van der Waals surface area contributed by atoms with Crippen molar-refractivity contribution in [1.82, 2.24) is 5.32 Å². The molecule has 0 fully saturated rings. The second-order valence-corrected chi connectivity index (χ2v) is 19.6. The van der Waals surface area contributed by atoms with Crippen molar-refractivity contribution in [2.45, 2.75) is 328 Å². The Morgan fingerprint density at radius 3 is 1.08 bits per heavy atom. The summed E-state index contributed by atoms with van der Waals surface area (Å²) in [6, 6.07) is -0.634. The van der Waals surface area contributed by atoms with Crippen molar-refractivity contribution in [3.05, 3.63) is 12.2 Å². The lowest BCUT2D eigenvalue weighted by atomic mass is 10.0. The van der Waals surface area contributed by atoms with Crippen LogP contribution in [-0.2, 0) is 14.3 Å². The smallest absolute Gasteiger partial charge is 0.305 e. The van der Waals surface area contributed by atoms with Gasteiger partial charge in [0.05, 0.1) is 25.4 Å². The molecule has 63 heavy (non-hydrogen) atoms. The Hall–Kier alpha value is -1.40. The third-order valence-electron chi connectivity index (χ3n) is 13.3. The van der Waals surface area contributed by atoms with Crippen molar-refractivity contribution in [3.8, 4) is 0 Å². The van der Waals surface area contributed by atoms with E-state index in [1.54, 1.807) is 6.08 Å². The number of aliphatic hydroxyl groups excluding tert-OH is 2. The highest BCUT2D eigenvalue weighted by molar-refractivity contribution is 5.76. The van der Waals surface area contributed by atoms with E-state index in [-0.39, 0.29) is 18.5 Å². The normalized spacial score (nSPS) is 12.6. The van der Waals surface area contributed by atoms with Gasteiger partial charge in [0.25, 0.3) is 0 Å². The number of nitrogens with one attached hydrogen (secondary N) is 1. The lowest BCUT2D eigenvalue weighted by Crippen LogP contribution is -2.45. The highest BCUT2D eigenvalue weighted by Crippen LogP contribution is 2.17. The maximum absolute atomic E-state index is 12.4. The van der Waals surface area contributed by atoms with Crippen LogP contribution in [0.4, 0.5) is 0 Å². The van der Waals surface area contributed by atoms with Crippen molar-refractivity contribution in [3.63, 3.8) is 0 Å². The SMILES string of the molecule is CCCCCCCCCCCCC/C=C/C(O)C(CO)NC(=O)CCCCCCCCCCCCCCCCOC(=O)CCCCCCCCCCCCCCCCCCCCC. The molecule has 0 aromatic rings. The largest absolute Gasteiger partial charge is 0.466 e. The van der Waals surface area contributed by atoms with E-state index in [0.29, 0.717) is 19.4 Å². The molecule has 0 aromatic carbocycles. The van der Waals surface area contributed by atoms with E-state index in [1.165, 1.54) is 231 Å². The topological polar surface area (TPSA) is 95.9 Å². The first kappa shape index (κ1) is 61.6. The summed E-state index contributed by atoms with van der Waals surface area (Å²) < 4.78 is 5.49. The molecule has 0 spiro atoms. The molecule has 3 N–H and O–H groups in total. The van der Waals surface area contributed by atoms with Crippen molar-refractivity contribution in [1.29, 1.82) is 0 Å². The zero-order chi connectivity index (χ0) is 45.8. The Morgan fingerprint density at radius 2 is 0.730 bits per heavy atom. The van der Waals surface area contributed by atoms with Crippen molar-refractivity contribution in [2.24, 2.45) is 0 Å². The van der Waals surface area contributed by atoms with E-state index in [9.17, 15) is 19.8 Å². The molecule has 0 rings (SSSR count). The molecule has 2 atom stereocenters. The third-order valence-corrected chi connectivity index (χ3v) is 13.3. The molecule has 0 saturated carbocycles. The molecule has 0 saturated heterocycles. The number of rotatable bonds is 53. The van der Waals surface area contributed by atoms with E-state index in [1.807, 2.05) is 6.08 Å². The number of hydrogen-bond acceptors (Lipinski definition) is 5. The van der Waals surface area contributed by atoms with Crippen LogP contribution < -0.4 is 5.32 Å². The quantitative estimate of drug-likeness (QED) is 0.0321. The molecule has 0 radical (unpaired) electrons. The van der Waals surface area contributed by atoms with Crippen LogP contribution in [0.25, 0.3) is 0 Å². The molecule has 6 nitrogen and oxygen atoms in total. The Kier molecular flexibility index (Phi) is 52.0. The molecule has 374 valence electrons. The zero-order valence-electron chi connectivity index (χ0n) is 42.6. The van der Waals surface area contributed by atoms with Gasteiger partial charge in [-0.3, -0.25) is 9.59 Å². The van der Waals surface area contributed by atoms with Gasteiger partial charge in [-0.1, -0.05) is 283 Å². The van der Waals surface area contributed by atoms with E-state index in [0.717, 1.165) is 57.8 Å². The second-order valence-electron chi connectivity index (χ2n) is 19.6. The molecule has 0 aliphatic rings. The summed E-state index contributed by atoms with van der Waals surface area (Å²) in [5.74, 6) is -0.0756. The van der Waals surface area contributed by atoms with Gasteiger partial charge in [0.2, 0.25) is 5.91 Å². The van der Waals surface area contributed by atoms with Gasteiger partial charge in [-0.2, -0.15) is 0 Å². The number of hydrogen-bond donors (Lipinski definition) is 3. The lowest BCUT2D eigenvalue weighted by molar-refractivity contribution is -0.143. The number of amides is 1. The van der Waals surface area contributed by atoms with Crippen LogP contribution >= 0.6 is 0 Å². The first-order chi connectivity index (χ1) is 31.0. The van der Waals surface area contributed by atoms with Gasteiger partial charge in [-0.25, -0.2) is 0 Å². The summed E-state index contributed by atoms with van der Waals surface area (Å²) in [6.45, 7) is 4.90. The van der Waals surface area contributed by atoms with Crippen molar-refractivity contribution in [2.75, 3.05) is 13.2 Å². The average molecular weight is 891 g/mol. The van der Waals surface area contributed by atoms with E-state index in [4.69, 9.17) is 4.74 Å². The fourth-order valence-electron chi connectivity index (χ4n) is 8.93. The fraction of sp³-hybridized carbons (Fsp3) is 0.930. The van der Waals surface area contributed by atoms with E-state index >= 15 is 0 Å². The third kappa shape index (κ3) is 49.9. The van der Waals surface area contributed by atoms with Gasteiger partial charge in [0.15, 0.2) is 0 Å². The Labute approximate surface area is 393 Å². The summed E-state index contributed by atoms with van der Waals surface area (Å²) >= 11 is 0. The minimum absolute atomic E-state index is 0.00164. The average Bonchev–Trinajstić information content (AvgIpc) is 3.28. The van der Waals surface area contributed by atoms with Crippen LogP contribution in [0, 0.1) is 0 Å². The van der Waals surface area contributed by atoms with E-state index in [2.05, 4.69) is 19.2 Å². The number of carbonyl (C=O) groups is 2. The van der Waals surface area contributed by atoms with Crippen LogP contribution in [0.15, 0.2) is 12.2 Å². The number of unbranched alkanes of at least 4 members (excludes halogenated alkanes) is 42. The second kappa shape index (κ2) is 53.2.